The van der Waals surface area contributed by atoms with E-state index in [1.54, 1.807) is 12.1 Å². The lowest BCUT2D eigenvalue weighted by atomic mass is 9.98. The highest BCUT2D eigenvalue weighted by Gasteiger charge is 2.18. The summed E-state index contributed by atoms with van der Waals surface area (Å²) in [6.45, 7) is 0.638. The van der Waals surface area contributed by atoms with Crippen LogP contribution in [0.3, 0.4) is 0 Å². The van der Waals surface area contributed by atoms with Gasteiger partial charge in [0, 0.05) is 12.1 Å². The highest BCUT2D eigenvalue weighted by Crippen LogP contribution is 2.25. The molecule has 1 aliphatic rings. The number of hydrogen-bond acceptors (Lipinski definition) is 2. The van der Waals surface area contributed by atoms with Crippen molar-refractivity contribution in [2.45, 2.75) is 6.42 Å². The van der Waals surface area contributed by atoms with Gasteiger partial charge in [0.1, 0.15) is 5.84 Å². The van der Waals surface area contributed by atoms with Crippen molar-refractivity contribution < 1.29 is 4.79 Å². The van der Waals surface area contributed by atoms with Crippen LogP contribution in [0.15, 0.2) is 23.2 Å². The third kappa shape index (κ3) is 2.02. The second kappa shape index (κ2) is 4.53. The number of nitrogens with zero attached hydrogens (tertiary/aromatic N) is 1. The number of benzene rings is 1. The van der Waals surface area contributed by atoms with Gasteiger partial charge in [-0.3, -0.25) is 4.79 Å². The van der Waals surface area contributed by atoms with Crippen LogP contribution in [-0.2, 0) is 6.42 Å². The van der Waals surface area contributed by atoms with E-state index >= 15 is 0 Å². The van der Waals surface area contributed by atoms with Crippen LogP contribution in [0.2, 0.25) is 0 Å². The number of aliphatic imine (C=N–C) groups is 1. The number of rotatable bonds is 2. The molecule has 0 radical (unpaired) electrons. The van der Waals surface area contributed by atoms with Crippen LogP contribution in [0, 0.1) is 0 Å². The smallest absolute Gasteiger partial charge is 0.251 e. The number of fused-ring (bicyclic) bond motifs is 1. The predicted molar refractivity (Wildman–Crippen MR) is 64.5 cm³/mol. The first-order chi connectivity index (χ1) is 7.72. The minimum absolute atomic E-state index is 0.0530. The van der Waals surface area contributed by atoms with Gasteiger partial charge >= 0.3 is 0 Å². The Balaban J connectivity index is 2.48. The topological polar surface area (TPSA) is 67.5 Å². The van der Waals surface area contributed by atoms with Gasteiger partial charge in [-0.15, -0.1) is 11.6 Å². The van der Waals surface area contributed by atoms with Crippen LogP contribution in [0.25, 0.3) is 0 Å². The number of nitrogens with two attached hydrogens (primary N) is 1. The van der Waals surface area contributed by atoms with E-state index in [9.17, 15) is 4.79 Å². The Bertz CT molecular complexity index is 457. The molecule has 1 aromatic carbocycles. The lowest BCUT2D eigenvalue weighted by molar-refractivity contribution is 0.0946. The molecule has 0 aliphatic carbocycles. The van der Waals surface area contributed by atoms with E-state index in [2.05, 4.69) is 10.3 Å². The summed E-state index contributed by atoms with van der Waals surface area (Å²) in [6, 6.07) is 5.43. The van der Waals surface area contributed by atoms with Crippen LogP contribution in [0.1, 0.15) is 15.9 Å². The molecule has 1 aliphatic heterocycles. The maximum absolute atomic E-state index is 11.6. The number of carbonyl (C=O) groups excluding carboxylic acids is 1. The fourth-order valence-electron chi connectivity index (χ4n) is 1.74. The zero-order valence-electron chi connectivity index (χ0n) is 8.66. The molecule has 0 saturated carbocycles. The number of alkyl halides is 1. The summed E-state index contributed by atoms with van der Waals surface area (Å²) in [5.74, 6) is 0.499. The van der Waals surface area contributed by atoms with Crippen LogP contribution >= 0.6 is 11.6 Å². The molecular formula is C11H12ClN3O. The van der Waals surface area contributed by atoms with E-state index in [-0.39, 0.29) is 11.8 Å². The maximum atomic E-state index is 11.6. The number of halogens is 1. The lowest BCUT2D eigenvalue weighted by Crippen LogP contribution is -2.31. The maximum Gasteiger partial charge on any atom is 0.251 e. The van der Waals surface area contributed by atoms with Crippen molar-refractivity contribution in [1.29, 1.82) is 0 Å². The van der Waals surface area contributed by atoms with E-state index < -0.39 is 0 Å². The molecule has 5 heteroatoms. The monoisotopic (exact) mass is 237 g/mol. The van der Waals surface area contributed by atoms with E-state index in [0.29, 0.717) is 17.9 Å². The van der Waals surface area contributed by atoms with Crippen molar-refractivity contribution in [2.24, 2.45) is 10.7 Å². The first-order valence-electron chi connectivity index (χ1n) is 5.01. The third-order valence-electron chi connectivity index (χ3n) is 2.46. The zero-order chi connectivity index (χ0) is 11.5. The average molecular weight is 238 g/mol. The Morgan fingerprint density at radius 1 is 1.56 bits per heavy atom. The van der Waals surface area contributed by atoms with Crippen molar-refractivity contribution in [2.75, 3.05) is 12.4 Å². The third-order valence-corrected chi connectivity index (χ3v) is 2.73. The molecule has 0 atom stereocenters. The number of carbonyl (C=O) groups is 1. The average Bonchev–Trinajstić information content (AvgIpc) is 2.30. The Morgan fingerprint density at radius 2 is 2.38 bits per heavy atom. The molecule has 16 heavy (non-hydrogen) atoms. The van der Waals surface area contributed by atoms with E-state index in [1.165, 1.54) is 0 Å². The van der Waals surface area contributed by atoms with Crippen molar-refractivity contribution in [3.63, 3.8) is 0 Å². The Labute approximate surface area is 98.5 Å². The van der Waals surface area contributed by atoms with Crippen LogP contribution in [0.4, 0.5) is 5.69 Å². The summed E-state index contributed by atoms with van der Waals surface area (Å²) >= 11 is 5.58. The van der Waals surface area contributed by atoms with Gasteiger partial charge in [0.2, 0.25) is 0 Å². The van der Waals surface area contributed by atoms with Gasteiger partial charge in [0.15, 0.2) is 0 Å². The molecule has 0 spiro atoms. The molecule has 0 aromatic heterocycles. The van der Waals surface area contributed by atoms with Crippen LogP contribution < -0.4 is 11.1 Å². The van der Waals surface area contributed by atoms with Crippen molar-refractivity contribution in [3.05, 3.63) is 29.3 Å². The van der Waals surface area contributed by atoms with Crippen molar-refractivity contribution in [1.82, 2.24) is 5.32 Å². The second-order valence-electron chi connectivity index (χ2n) is 3.55. The van der Waals surface area contributed by atoms with Gasteiger partial charge in [-0.05, 0) is 24.1 Å². The fourth-order valence-corrected chi connectivity index (χ4v) is 1.80. The largest absolute Gasteiger partial charge is 0.386 e. The quantitative estimate of drug-likeness (QED) is 0.461. The molecule has 3 N–H and O–H groups in total. The first kappa shape index (κ1) is 11.0. The normalized spacial score (nSPS) is 15.6. The fraction of sp³-hybridized carbons (Fsp3) is 0.273. The summed E-state index contributed by atoms with van der Waals surface area (Å²) in [5, 5.41) is 2.79. The summed E-state index contributed by atoms with van der Waals surface area (Å²) < 4.78 is 0. The van der Waals surface area contributed by atoms with Crippen LogP contribution in [-0.4, -0.2) is 24.2 Å². The van der Waals surface area contributed by atoms with Crippen molar-refractivity contribution in [3.8, 4) is 0 Å². The van der Waals surface area contributed by atoms with Gasteiger partial charge in [-0.1, -0.05) is 6.07 Å². The van der Waals surface area contributed by atoms with Gasteiger partial charge in [-0.2, -0.15) is 0 Å². The second-order valence-corrected chi connectivity index (χ2v) is 3.81. The molecule has 84 valence electrons. The zero-order valence-corrected chi connectivity index (χ0v) is 9.42. The van der Waals surface area contributed by atoms with Crippen molar-refractivity contribution >= 4 is 29.0 Å². The number of hydrogen-bond donors (Lipinski definition) is 2. The molecule has 0 fully saturated rings. The van der Waals surface area contributed by atoms with E-state index in [0.717, 1.165) is 17.7 Å². The molecule has 0 saturated heterocycles. The molecule has 0 unspecified atom stereocenters. The molecule has 2 rings (SSSR count). The number of amides is 1. The van der Waals surface area contributed by atoms with Crippen LogP contribution in [0.5, 0.6) is 0 Å². The summed E-state index contributed by atoms with van der Waals surface area (Å²) in [4.78, 5) is 15.8. The van der Waals surface area contributed by atoms with Gasteiger partial charge < -0.3 is 11.1 Å². The first-order valence-corrected chi connectivity index (χ1v) is 5.55. The number of amidine groups is 1. The summed E-state index contributed by atoms with van der Waals surface area (Å²) in [7, 11) is 0. The molecule has 1 aromatic rings. The predicted octanol–water partition coefficient (Wildman–Crippen LogP) is 1.20. The number of nitrogens with one attached hydrogen (secondary N) is 1. The summed E-state index contributed by atoms with van der Waals surface area (Å²) in [6.07, 6.45) is 0.774. The summed E-state index contributed by atoms with van der Waals surface area (Å²) in [5.41, 5.74) is 7.95. The molecule has 4 nitrogen and oxygen atoms in total. The Kier molecular flexibility index (Phi) is 3.10. The van der Waals surface area contributed by atoms with E-state index in [1.807, 2.05) is 6.07 Å². The lowest BCUT2D eigenvalue weighted by Gasteiger charge is -2.17. The van der Waals surface area contributed by atoms with Gasteiger partial charge in [0.25, 0.3) is 5.91 Å². The van der Waals surface area contributed by atoms with E-state index in [4.69, 9.17) is 17.3 Å². The highest BCUT2D eigenvalue weighted by molar-refractivity contribution is 6.28. The Hall–Kier alpha value is -1.55. The standard InChI is InChI=1S/C11H12ClN3O/c12-6-10(13)15-9-3-1-2-8-7(9)4-5-14-11(8)16/h1-3H,4-6H2,(H2,13,15)(H,14,16). The molecule has 1 amide bonds. The minimum atomic E-state index is -0.0530. The molecule has 1 heterocycles. The molecule has 0 bridgehead atoms. The Morgan fingerprint density at radius 3 is 3.12 bits per heavy atom. The molecular weight excluding hydrogens is 226 g/mol. The van der Waals surface area contributed by atoms with Gasteiger partial charge in [0.05, 0.1) is 11.6 Å². The minimum Gasteiger partial charge on any atom is -0.386 e. The van der Waals surface area contributed by atoms with Gasteiger partial charge in [-0.25, -0.2) is 4.99 Å². The SMILES string of the molecule is NC(CCl)=Nc1cccc2c1CCNC2=O. The highest BCUT2D eigenvalue weighted by atomic mass is 35.5.